The van der Waals surface area contributed by atoms with Crippen LogP contribution in [0.15, 0.2) is 24.3 Å². The Labute approximate surface area is 109 Å². The molecule has 6 nitrogen and oxygen atoms in total. The number of rotatable bonds is 2. The lowest BCUT2D eigenvalue weighted by molar-refractivity contribution is -0.232. The molecule has 1 aromatic rings. The van der Waals surface area contributed by atoms with Gasteiger partial charge in [-0.25, -0.2) is 9.59 Å². The highest BCUT2D eigenvalue weighted by Gasteiger charge is 2.50. The molecule has 1 heterocycles. The van der Waals surface area contributed by atoms with Crippen LogP contribution in [-0.2, 0) is 31.3 Å². The standard InChI is InChI=1S/C13H12N2O4/c1-3-8-6-4-5-7-9(8)13(2)18-11(16)10(15-14)12(17)19-13/h4-7H,3H2,1-2H3. The molecule has 1 aliphatic heterocycles. The second-order valence-electron chi connectivity index (χ2n) is 4.18. The van der Waals surface area contributed by atoms with E-state index in [0.717, 1.165) is 5.56 Å². The molecule has 1 saturated heterocycles. The number of nitrogens with zero attached hydrogens (tertiary/aromatic N) is 2. The first-order valence-corrected chi connectivity index (χ1v) is 5.79. The SMILES string of the molecule is CCc1ccccc1C1(C)OC(=O)C(=[N+]=[N-])C(=O)O1. The molecule has 6 heteroatoms. The summed E-state index contributed by atoms with van der Waals surface area (Å²) >= 11 is 0. The van der Waals surface area contributed by atoms with Gasteiger partial charge in [-0.1, -0.05) is 31.2 Å². The molecule has 98 valence electrons. The average molecular weight is 260 g/mol. The quantitative estimate of drug-likeness (QED) is 0.454. The van der Waals surface area contributed by atoms with E-state index >= 15 is 0 Å². The van der Waals surface area contributed by atoms with E-state index < -0.39 is 23.4 Å². The fourth-order valence-electron chi connectivity index (χ4n) is 2.02. The zero-order valence-electron chi connectivity index (χ0n) is 10.5. The predicted octanol–water partition coefficient (Wildman–Crippen LogP) is 1.19. The van der Waals surface area contributed by atoms with Gasteiger partial charge >= 0.3 is 17.7 Å². The Hall–Kier alpha value is -2.46. The van der Waals surface area contributed by atoms with Crippen LogP contribution in [0.1, 0.15) is 25.0 Å². The van der Waals surface area contributed by atoms with Crippen LogP contribution in [0, 0.1) is 0 Å². The molecule has 0 N–H and O–H groups in total. The van der Waals surface area contributed by atoms with E-state index in [1.165, 1.54) is 6.92 Å². The van der Waals surface area contributed by atoms with Crippen LogP contribution in [0.4, 0.5) is 0 Å². The van der Waals surface area contributed by atoms with Gasteiger partial charge in [-0.15, -0.1) is 0 Å². The van der Waals surface area contributed by atoms with Gasteiger partial charge < -0.3 is 15.0 Å². The topological polar surface area (TPSA) is 89.0 Å². The van der Waals surface area contributed by atoms with Crippen LogP contribution >= 0.6 is 0 Å². The van der Waals surface area contributed by atoms with Crippen molar-refractivity contribution in [2.24, 2.45) is 0 Å². The van der Waals surface area contributed by atoms with Crippen molar-refractivity contribution in [2.45, 2.75) is 26.1 Å². The molecule has 0 unspecified atom stereocenters. The van der Waals surface area contributed by atoms with Crippen LogP contribution in [0.25, 0.3) is 5.53 Å². The van der Waals surface area contributed by atoms with Gasteiger partial charge in [-0.2, -0.15) is 4.79 Å². The molecule has 1 aromatic carbocycles. The van der Waals surface area contributed by atoms with Crippen molar-refractivity contribution in [3.8, 4) is 0 Å². The molecule has 0 bridgehead atoms. The second kappa shape index (κ2) is 4.66. The van der Waals surface area contributed by atoms with Gasteiger partial charge in [-0.3, -0.25) is 0 Å². The number of hydrogen-bond acceptors (Lipinski definition) is 4. The zero-order chi connectivity index (χ0) is 14.0. The molecule has 1 aliphatic rings. The lowest BCUT2D eigenvalue weighted by Crippen LogP contribution is -2.47. The van der Waals surface area contributed by atoms with Crippen molar-refractivity contribution in [3.05, 3.63) is 40.9 Å². The molecule has 0 radical (unpaired) electrons. The minimum absolute atomic E-state index is 0.594. The van der Waals surface area contributed by atoms with E-state index in [2.05, 4.69) is 4.79 Å². The molecule has 0 atom stereocenters. The summed E-state index contributed by atoms with van der Waals surface area (Å²) in [6.45, 7) is 3.42. The van der Waals surface area contributed by atoms with E-state index in [9.17, 15) is 9.59 Å². The van der Waals surface area contributed by atoms with Crippen LogP contribution in [0.2, 0.25) is 0 Å². The van der Waals surface area contributed by atoms with E-state index in [1.54, 1.807) is 12.1 Å². The molecule has 0 spiro atoms. The Kier molecular flexibility index (Phi) is 3.19. The van der Waals surface area contributed by atoms with Crippen molar-refractivity contribution in [2.75, 3.05) is 0 Å². The highest BCUT2D eigenvalue weighted by Crippen LogP contribution is 2.32. The number of ether oxygens (including phenoxy) is 2. The largest absolute Gasteiger partial charge is 0.482 e. The summed E-state index contributed by atoms with van der Waals surface area (Å²) in [6, 6.07) is 7.19. The number of esters is 2. The molecular formula is C13H12N2O4. The summed E-state index contributed by atoms with van der Waals surface area (Å²) in [4.78, 5) is 25.8. The highest BCUT2D eigenvalue weighted by atomic mass is 16.7. The molecule has 1 fully saturated rings. The zero-order valence-corrected chi connectivity index (χ0v) is 10.5. The first-order chi connectivity index (χ1) is 9.01. The minimum Gasteiger partial charge on any atom is -0.409 e. The van der Waals surface area contributed by atoms with Crippen LogP contribution in [0.5, 0.6) is 0 Å². The molecule has 2 rings (SSSR count). The third-order valence-electron chi connectivity index (χ3n) is 2.95. The van der Waals surface area contributed by atoms with Crippen molar-refractivity contribution < 1.29 is 23.9 Å². The first kappa shape index (κ1) is 13.0. The maximum atomic E-state index is 11.6. The number of hydrogen-bond donors (Lipinski definition) is 0. The van der Waals surface area contributed by atoms with Crippen molar-refractivity contribution >= 4 is 17.7 Å². The van der Waals surface area contributed by atoms with E-state index in [4.69, 9.17) is 15.0 Å². The van der Waals surface area contributed by atoms with Crippen molar-refractivity contribution in [1.29, 1.82) is 0 Å². The maximum Gasteiger partial charge on any atom is 0.482 e. The Morgan fingerprint density at radius 2 is 1.79 bits per heavy atom. The fraction of sp³-hybridized carbons (Fsp3) is 0.308. The summed E-state index contributed by atoms with van der Waals surface area (Å²) < 4.78 is 10.2. The summed E-state index contributed by atoms with van der Waals surface area (Å²) in [6.07, 6.45) is 0.696. The fourth-order valence-corrected chi connectivity index (χ4v) is 2.02. The van der Waals surface area contributed by atoms with Crippen molar-refractivity contribution in [3.63, 3.8) is 0 Å². The number of carbonyl (C=O) groups is 2. The molecular weight excluding hydrogens is 248 g/mol. The van der Waals surface area contributed by atoms with Gasteiger partial charge in [0, 0.05) is 12.5 Å². The number of carbonyl (C=O) groups excluding carboxylic acids is 2. The van der Waals surface area contributed by atoms with Crippen molar-refractivity contribution in [1.82, 2.24) is 0 Å². The Morgan fingerprint density at radius 3 is 2.32 bits per heavy atom. The highest BCUT2D eigenvalue weighted by molar-refractivity contribution is 6.61. The number of cyclic esters (lactones) is 2. The lowest BCUT2D eigenvalue weighted by atomic mass is 9.98. The Morgan fingerprint density at radius 1 is 1.21 bits per heavy atom. The van der Waals surface area contributed by atoms with Crippen LogP contribution in [-0.4, -0.2) is 22.4 Å². The summed E-state index contributed by atoms with van der Waals surface area (Å²) in [7, 11) is 0. The van der Waals surface area contributed by atoms with Gasteiger partial charge in [0.25, 0.3) is 5.79 Å². The third kappa shape index (κ3) is 2.13. The predicted molar refractivity (Wildman–Crippen MR) is 64.0 cm³/mol. The van der Waals surface area contributed by atoms with E-state index in [1.807, 2.05) is 19.1 Å². The van der Waals surface area contributed by atoms with E-state index in [-0.39, 0.29) is 0 Å². The third-order valence-corrected chi connectivity index (χ3v) is 2.95. The second-order valence-corrected chi connectivity index (χ2v) is 4.18. The van der Waals surface area contributed by atoms with Gasteiger partial charge in [0.15, 0.2) is 0 Å². The molecule has 0 saturated carbocycles. The normalized spacial score (nSPS) is 22.5. The minimum atomic E-state index is -1.50. The molecule has 0 amide bonds. The molecule has 0 aliphatic carbocycles. The monoisotopic (exact) mass is 260 g/mol. The maximum absolute atomic E-state index is 11.6. The van der Waals surface area contributed by atoms with Gasteiger partial charge in [-0.05, 0) is 12.0 Å². The smallest absolute Gasteiger partial charge is 0.409 e. The summed E-state index contributed by atoms with van der Waals surface area (Å²) in [5.74, 6) is -3.52. The number of benzene rings is 1. The summed E-state index contributed by atoms with van der Waals surface area (Å²) in [5, 5.41) is 0. The average Bonchev–Trinajstić information content (AvgIpc) is 2.38. The summed E-state index contributed by atoms with van der Waals surface area (Å²) in [5.41, 5.74) is 9.29. The lowest BCUT2D eigenvalue weighted by Gasteiger charge is -2.32. The molecule has 0 aromatic heterocycles. The Bertz CT molecular complexity index is 582. The van der Waals surface area contributed by atoms with Gasteiger partial charge in [0.05, 0.1) is 0 Å². The molecule has 19 heavy (non-hydrogen) atoms. The van der Waals surface area contributed by atoms with Crippen LogP contribution < -0.4 is 0 Å². The van der Waals surface area contributed by atoms with Crippen LogP contribution in [0.3, 0.4) is 0 Å². The first-order valence-electron chi connectivity index (χ1n) is 5.79. The Balaban J connectivity index is 2.47. The van der Waals surface area contributed by atoms with Gasteiger partial charge in [0.1, 0.15) is 0 Å². The van der Waals surface area contributed by atoms with Gasteiger partial charge in [0.2, 0.25) is 0 Å². The van der Waals surface area contributed by atoms with E-state index in [0.29, 0.717) is 12.0 Å². The number of aryl methyl sites for hydroxylation is 1.